The summed E-state index contributed by atoms with van der Waals surface area (Å²) in [6.45, 7) is 11.8. The highest BCUT2D eigenvalue weighted by Crippen LogP contribution is 2.45. The number of sulfonamides is 2. The van der Waals surface area contributed by atoms with Crippen LogP contribution < -0.4 is 36.4 Å². The SMILES string of the molecule is C.CCNC(=O)[C@H]1O[C@@H](n2cnc3c(N)ncnc32)[C@@H]2OC(C)(C)O[C@@H]21.CCNC(=O)[C@H]1O[C@@H](n2cnc3c(NC(=O)Nc4ccc(S(=O)(=O)NC5CCCC5)cc4)ncnc32)[C@@H]2OC(C)(C)O[C@@H]21.O=C=Nc1ccc(S(=O)(=O)NC2CCCC2)cc1. The first-order valence-corrected chi connectivity index (χ1v) is 31.1. The van der Waals surface area contributed by atoms with Crippen molar-refractivity contribution in [2.75, 3.05) is 29.5 Å². The number of nitrogen functional groups attached to an aromatic ring is 1. The fraction of sp³-hybridized carbons (Fsp3) is 0.527. The number of nitrogens with two attached hydrogens (primary N) is 1. The van der Waals surface area contributed by atoms with E-state index < -0.39 is 86.7 Å². The van der Waals surface area contributed by atoms with E-state index in [9.17, 15) is 36.0 Å². The summed E-state index contributed by atoms with van der Waals surface area (Å²) in [7, 11) is -7.11. The van der Waals surface area contributed by atoms with Gasteiger partial charge in [0.05, 0.1) is 28.1 Å². The van der Waals surface area contributed by atoms with Crippen LogP contribution in [0.2, 0.25) is 0 Å². The number of benzene rings is 2. The minimum absolute atomic E-state index is 0. The van der Waals surface area contributed by atoms with Crippen molar-refractivity contribution in [2.24, 2.45) is 4.99 Å². The average molecular weight is 1250 g/mol. The van der Waals surface area contributed by atoms with Gasteiger partial charge in [-0.3, -0.25) is 24.0 Å². The Morgan fingerprint density at radius 2 is 1.06 bits per heavy atom. The maximum absolute atomic E-state index is 12.8. The third-order valence-corrected chi connectivity index (χ3v) is 18.0. The van der Waals surface area contributed by atoms with E-state index in [4.69, 9.17) is 34.2 Å². The molecule has 2 aromatic carbocycles. The molecule has 4 aliphatic heterocycles. The maximum atomic E-state index is 12.8. The molecule has 8 N–H and O–H groups in total. The summed E-state index contributed by atoms with van der Waals surface area (Å²) in [5.74, 6) is -1.86. The van der Waals surface area contributed by atoms with E-state index in [0.717, 1.165) is 51.4 Å². The summed E-state index contributed by atoms with van der Waals surface area (Å²) >= 11 is 0. The molecule has 0 spiro atoms. The minimum atomic E-state index is -3.65. The molecule has 6 aromatic rings. The smallest absolute Gasteiger partial charge is 0.324 e. The number of likely N-dealkylation sites (N-methyl/N-ethyl adjacent to an activating group) is 2. The van der Waals surface area contributed by atoms with E-state index in [1.165, 1.54) is 73.6 Å². The summed E-state index contributed by atoms with van der Waals surface area (Å²) in [6.07, 6.45) is 9.37. The van der Waals surface area contributed by atoms with E-state index in [0.29, 0.717) is 41.3 Å². The molecule has 4 saturated heterocycles. The van der Waals surface area contributed by atoms with Crippen LogP contribution in [0.4, 0.5) is 27.8 Å². The lowest BCUT2D eigenvalue weighted by atomic mass is 10.1. The number of nitrogens with one attached hydrogen (secondary N) is 6. The largest absolute Gasteiger partial charge is 0.382 e. The molecule has 0 unspecified atom stereocenters. The van der Waals surface area contributed by atoms with Crippen molar-refractivity contribution in [1.82, 2.24) is 59.1 Å². The Labute approximate surface area is 502 Å². The number of fused-ring (bicyclic) bond motifs is 4. The summed E-state index contributed by atoms with van der Waals surface area (Å²) in [6, 6.07) is 11.1. The maximum Gasteiger partial charge on any atom is 0.324 e. The lowest BCUT2D eigenvalue weighted by molar-refractivity contribution is -0.198. The Hall–Kier alpha value is -7.49. The van der Waals surface area contributed by atoms with Crippen molar-refractivity contribution in [3.8, 4) is 0 Å². The highest BCUT2D eigenvalue weighted by Gasteiger charge is 2.59. The van der Waals surface area contributed by atoms with Crippen LogP contribution in [-0.4, -0.2) is 153 Å². The van der Waals surface area contributed by atoms with Crippen LogP contribution in [0.3, 0.4) is 0 Å². The number of aliphatic imine (C=N–C) groups is 1. The summed E-state index contributed by atoms with van der Waals surface area (Å²) in [4.78, 5) is 77.1. The number of amides is 4. The molecule has 30 nitrogen and oxygen atoms in total. The summed E-state index contributed by atoms with van der Waals surface area (Å²) < 4.78 is 94.3. The molecule has 2 aliphatic carbocycles. The summed E-state index contributed by atoms with van der Waals surface area (Å²) in [5, 5.41) is 10.9. The van der Waals surface area contributed by atoms with Gasteiger partial charge in [0.25, 0.3) is 11.8 Å². The van der Waals surface area contributed by atoms with Gasteiger partial charge in [-0.1, -0.05) is 33.1 Å². The second kappa shape index (κ2) is 26.5. The van der Waals surface area contributed by atoms with Crippen molar-refractivity contribution in [1.29, 1.82) is 0 Å². The van der Waals surface area contributed by atoms with Crippen LogP contribution in [0.25, 0.3) is 22.3 Å². The molecule has 468 valence electrons. The minimum Gasteiger partial charge on any atom is -0.382 e. The number of rotatable bonds is 15. The predicted molar refractivity (Wildman–Crippen MR) is 313 cm³/mol. The van der Waals surface area contributed by atoms with Crippen LogP contribution in [0.1, 0.15) is 113 Å². The zero-order valence-corrected chi connectivity index (χ0v) is 49.5. The zero-order chi connectivity index (χ0) is 61.1. The van der Waals surface area contributed by atoms with Crippen molar-refractivity contribution in [3.05, 3.63) is 73.8 Å². The molecule has 4 aromatic heterocycles. The second-order valence-electron chi connectivity index (χ2n) is 21.9. The van der Waals surface area contributed by atoms with Gasteiger partial charge in [0.2, 0.25) is 26.1 Å². The molecular formula is C55H72N16O14S2. The van der Waals surface area contributed by atoms with E-state index in [1.54, 1.807) is 29.3 Å². The first-order valence-electron chi connectivity index (χ1n) is 28.2. The van der Waals surface area contributed by atoms with Gasteiger partial charge in [0, 0.05) is 30.9 Å². The fourth-order valence-electron chi connectivity index (χ4n) is 11.2. The number of urea groups is 1. The molecule has 32 heteroatoms. The third-order valence-electron chi connectivity index (χ3n) is 14.9. The lowest BCUT2D eigenvalue weighted by Crippen LogP contribution is -2.42. The highest BCUT2D eigenvalue weighted by molar-refractivity contribution is 7.89. The number of nitrogens with zero attached hydrogens (tertiary/aromatic N) is 9. The van der Waals surface area contributed by atoms with Crippen LogP contribution in [0.5, 0.6) is 0 Å². The number of hydrogen-bond acceptors (Lipinski definition) is 22. The van der Waals surface area contributed by atoms with E-state index in [2.05, 4.69) is 65.6 Å². The molecule has 4 amide bonds. The number of anilines is 3. The monoisotopic (exact) mass is 1240 g/mol. The number of imidazole rings is 2. The number of isocyanates is 1. The Balaban J connectivity index is 0.000000173. The number of hydrogen-bond donors (Lipinski definition) is 7. The molecule has 87 heavy (non-hydrogen) atoms. The van der Waals surface area contributed by atoms with Gasteiger partial charge in [-0.25, -0.2) is 65.8 Å². The van der Waals surface area contributed by atoms with Crippen LogP contribution in [0.15, 0.2) is 88.6 Å². The van der Waals surface area contributed by atoms with Gasteiger partial charge in [-0.15, -0.1) is 0 Å². The number of carbonyl (C=O) groups excluding carboxylic acids is 4. The normalized spacial score (nSPS) is 24.6. The zero-order valence-electron chi connectivity index (χ0n) is 47.9. The van der Waals surface area contributed by atoms with Crippen LogP contribution in [0, 0.1) is 0 Å². The van der Waals surface area contributed by atoms with Gasteiger partial charge in [-0.2, -0.15) is 4.99 Å². The standard InChI is InChI=1S/C27H34N8O7S.C15H20N6O4.C12H14N2O3S.CH4/c1-4-28-24(36)20-19-21(42-27(2,3)41-19)25(40-20)35-14-31-18-22(29-13-30-23(18)35)33-26(37)32-15-9-11-17(12-10-15)43(38,39)34-16-7-5-6-8-16;1-4-17-13(22)9-8-10(25-15(2,3)24-8)14(23-9)21-6-20-7-11(16)18-5-19-12(7)21;15-9-13-10-5-7-12(8-6-10)18(16,17)14-11-3-1-2-4-11;/h9-14,16,19-21,25,34H,4-8H2,1-3H3,(H,28,36)(H2,29,30,32,33,37);5-6,8-10,14H,4H2,1-3H3,(H,17,22)(H2,16,18,19);5-8,11,14H,1-4H2;1H4/t19-,20+,21-,25-;8-,9+,10-,14-;;/m11../s1. The average Bonchev–Trinajstić information content (AvgIpc) is 1.63. The topological polar surface area (TPSA) is 390 Å². The van der Waals surface area contributed by atoms with Crippen molar-refractivity contribution in [3.63, 3.8) is 0 Å². The Morgan fingerprint density at radius 3 is 1.53 bits per heavy atom. The van der Waals surface area contributed by atoms with Crippen molar-refractivity contribution >= 4 is 89.3 Å². The second-order valence-corrected chi connectivity index (χ2v) is 25.4. The highest BCUT2D eigenvalue weighted by atomic mass is 32.2. The lowest BCUT2D eigenvalue weighted by Gasteiger charge is -2.24. The van der Waals surface area contributed by atoms with Gasteiger partial charge in [0.15, 0.2) is 64.7 Å². The third kappa shape index (κ3) is 14.3. The predicted octanol–water partition coefficient (Wildman–Crippen LogP) is 4.72. The molecule has 6 aliphatic rings. The van der Waals surface area contributed by atoms with Gasteiger partial charge in [0.1, 0.15) is 42.6 Å². The van der Waals surface area contributed by atoms with E-state index >= 15 is 0 Å². The van der Waals surface area contributed by atoms with Crippen molar-refractivity contribution < 1.29 is 64.4 Å². The van der Waals surface area contributed by atoms with Gasteiger partial charge >= 0.3 is 6.03 Å². The fourth-order valence-corrected chi connectivity index (χ4v) is 13.8. The Bertz CT molecular complexity index is 3720. The first kappa shape index (κ1) is 64.0. The van der Waals surface area contributed by atoms with E-state index in [-0.39, 0.29) is 58.3 Å². The van der Waals surface area contributed by atoms with E-state index in [1.807, 2.05) is 27.7 Å². The molecule has 8 heterocycles. The van der Waals surface area contributed by atoms with Crippen LogP contribution >= 0.6 is 0 Å². The molecule has 6 fully saturated rings. The Kier molecular flexibility index (Phi) is 19.5. The molecule has 12 rings (SSSR count). The van der Waals surface area contributed by atoms with Gasteiger partial charge in [-0.05, 0) is 116 Å². The number of aromatic nitrogens is 8. The quantitative estimate of drug-likeness (QED) is 0.0540. The van der Waals surface area contributed by atoms with Crippen molar-refractivity contribution in [2.45, 2.75) is 183 Å². The summed E-state index contributed by atoms with van der Waals surface area (Å²) in [5.41, 5.74) is 8.25. The van der Waals surface area contributed by atoms with Crippen LogP contribution in [-0.2, 0) is 62.9 Å². The molecular weight excluding hydrogens is 1170 g/mol. The van der Waals surface area contributed by atoms with Gasteiger partial charge < -0.3 is 50.1 Å². The number of ether oxygens (including phenoxy) is 6. The first-order chi connectivity index (χ1) is 41.1. The Morgan fingerprint density at radius 1 is 0.621 bits per heavy atom. The molecule has 2 saturated carbocycles. The number of carbonyl (C=O) groups is 3. The molecule has 0 bridgehead atoms. The molecule has 8 atom stereocenters. The molecule has 0 radical (unpaired) electrons.